The van der Waals surface area contributed by atoms with Gasteiger partial charge < -0.3 is 5.32 Å². The third-order valence-electron chi connectivity index (χ3n) is 2.57. The Morgan fingerprint density at radius 2 is 2.17 bits per heavy atom. The van der Waals surface area contributed by atoms with Gasteiger partial charge in [0.05, 0.1) is 5.54 Å². The lowest BCUT2D eigenvalue weighted by atomic mass is 10.0. The van der Waals surface area contributed by atoms with Crippen molar-refractivity contribution in [1.29, 1.82) is 0 Å². The Kier molecular flexibility index (Phi) is 4.55. The summed E-state index contributed by atoms with van der Waals surface area (Å²) in [4.78, 5) is 4.42. The van der Waals surface area contributed by atoms with E-state index in [4.69, 9.17) is 0 Å². The lowest BCUT2D eigenvalue weighted by Crippen LogP contribution is -2.35. The maximum absolute atomic E-state index is 4.42. The fraction of sp³-hybridized carbons (Fsp3) is 0.438. The molecule has 0 bridgehead atoms. The van der Waals surface area contributed by atoms with Crippen LogP contribution in [0.3, 0.4) is 0 Å². The first-order valence-corrected chi connectivity index (χ1v) is 6.26. The van der Waals surface area contributed by atoms with E-state index in [-0.39, 0.29) is 5.54 Å². The molecule has 0 spiro atoms. The van der Waals surface area contributed by atoms with Gasteiger partial charge in [0, 0.05) is 23.2 Å². The second kappa shape index (κ2) is 5.73. The molecule has 0 aliphatic heterocycles. The summed E-state index contributed by atoms with van der Waals surface area (Å²) in [6.45, 7) is 14.0. The number of aryl methyl sites for hydroxylation is 2. The molecule has 0 atom stereocenters. The molecule has 1 aromatic heterocycles. The highest BCUT2D eigenvalue weighted by Gasteiger charge is 2.12. The van der Waals surface area contributed by atoms with Crippen LogP contribution in [0.15, 0.2) is 24.5 Å². The zero-order chi connectivity index (χ0) is 13.8. The average Bonchev–Trinajstić information content (AvgIpc) is 2.25. The molecule has 0 amide bonds. The van der Waals surface area contributed by atoms with Gasteiger partial charge in [0.25, 0.3) is 0 Å². The molecule has 2 heteroatoms. The van der Waals surface area contributed by atoms with Crippen LogP contribution < -0.4 is 5.32 Å². The summed E-state index contributed by atoms with van der Waals surface area (Å²) in [5.74, 6) is 6.38. The second-order valence-corrected chi connectivity index (χ2v) is 5.12. The summed E-state index contributed by atoms with van der Waals surface area (Å²) in [7, 11) is 0. The van der Waals surface area contributed by atoms with Crippen molar-refractivity contribution in [3.63, 3.8) is 0 Å². The summed E-state index contributed by atoms with van der Waals surface area (Å²) in [5, 5.41) is 3.24. The molecular formula is C16H22N2. The first-order chi connectivity index (χ1) is 8.34. The standard InChI is InChI=1S/C16H22N2/c1-7-15-13(4)10-14(11-17-15)8-9-16(5,6)18-12(2)3/h10-11,18H,2,7H2,1,3-6H3. The van der Waals surface area contributed by atoms with Crippen LogP contribution in [0.1, 0.15) is 44.5 Å². The van der Waals surface area contributed by atoms with E-state index in [1.807, 2.05) is 27.0 Å². The molecule has 0 aromatic carbocycles. The summed E-state index contributed by atoms with van der Waals surface area (Å²) in [6.07, 6.45) is 2.80. The Bertz CT molecular complexity index is 502. The summed E-state index contributed by atoms with van der Waals surface area (Å²) in [6, 6.07) is 2.09. The number of nitrogens with zero attached hydrogens (tertiary/aromatic N) is 1. The SMILES string of the molecule is C=C(C)NC(C)(C)C#Cc1cnc(CC)c(C)c1. The van der Waals surface area contributed by atoms with Crippen molar-refractivity contribution in [2.45, 2.75) is 46.6 Å². The van der Waals surface area contributed by atoms with Crippen LogP contribution in [0.5, 0.6) is 0 Å². The molecule has 0 saturated heterocycles. The van der Waals surface area contributed by atoms with Crippen molar-refractivity contribution in [2.24, 2.45) is 0 Å². The zero-order valence-electron chi connectivity index (χ0n) is 12.0. The molecule has 1 rings (SSSR count). The number of pyridine rings is 1. The molecule has 0 radical (unpaired) electrons. The van der Waals surface area contributed by atoms with Gasteiger partial charge in [0.1, 0.15) is 0 Å². The fourth-order valence-electron chi connectivity index (χ4n) is 1.83. The Morgan fingerprint density at radius 1 is 1.50 bits per heavy atom. The Hall–Kier alpha value is -1.75. The van der Waals surface area contributed by atoms with Crippen molar-refractivity contribution < 1.29 is 0 Å². The van der Waals surface area contributed by atoms with E-state index in [2.05, 4.69) is 48.6 Å². The normalized spacial score (nSPS) is 10.5. The minimum Gasteiger partial charge on any atom is -0.374 e. The van der Waals surface area contributed by atoms with Gasteiger partial charge in [-0.25, -0.2) is 0 Å². The third kappa shape index (κ3) is 4.25. The molecule has 1 N–H and O–H groups in total. The van der Waals surface area contributed by atoms with E-state index in [1.54, 1.807) is 0 Å². The Morgan fingerprint density at radius 3 is 2.67 bits per heavy atom. The summed E-state index contributed by atoms with van der Waals surface area (Å²) in [5.41, 5.74) is 3.95. The number of aromatic nitrogens is 1. The molecule has 1 heterocycles. The lowest BCUT2D eigenvalue weighted by molar-refractivity contribution is 0.553. The van der Waals surface area contributed by atoms with Crippen LogP contribution in [0, 0.1) is 18.8 Å². The van der Waals surface area contributed by atoms with Gasteiger partial charge in [-0.3, -0.25) is 4.98 Å². The topological polar surface area (TPSA) is 24.9 Å². The van der Waals surface area contributed by atoms with Crippen molar-refractivity contribution in [2.75, 3.05) is 0 Å². The average molecular weight is 242 g/mol. The van der Waals surface area contributed by atoms with Crippen molar-refractivity contribution in [1.82, 2.24) is 10.3 Å². The lowest BCUT2D eigenvalue weighted by Gasteiger charge is -2.20. The molecule has 0 unspecified atom stereocenters. The van der Waals surface area contributed by atoms with E-state index in [1.165, 1.54) is 5.56 Å². The van der Waals surface area contributed by atoms with E-state index in [0.29, 0.717) is 0 Å². The van der Waals surface area contributed by atoms with Crippen molar-refractivity contribution in [3.8, 4) is 11.8 Å². The summed E-state index contributed by atoms with van der Waals surface area (Å²) >= 11 is 0. The predicted molar refractivity (Wildman–Crippen MR) is 77.3 cm³/mol. The van der Waals surface area contributed by atoms with E-state index in [9.17, 15) is 0 Å². The van der Waals surface area contributed by atoms with Gasteiger partial charge in [0.15, 0.2) is 0 Å². The summed E-state index contributed by atoms with van der Waals surface area (Å²) < 4.78 is 0. The predicted octanol–water partition coefficient (Wildman–Crippen LogP) is 3.21. The van der Waals surface area contributed by atoms with E-state index < -0.39 is 0 Å². The molecule has 0 fully saturated rings. The Balaban J connectivity index is 2.92. The molecule has 0 aliphatic rings. The fourth-order valence-corrected chi connectivity index (χ4v) is 1.83. The third-order valence-corrected chi connectivity index (χ3v) is 2.57. The molecule has 1 aromatic rings. The van der Waals surface area contributed by atoms with Crippen LogP contribution >= 0.6 is 0 Å². The number of nitrogens with one attached hydrogen (secondary N) is 1. The minimum atomic E-state index is -0.275. The molecule has 0 aliphatic carbocycles. The van der Waals surface area contributed by atoms with Gasteiger partial charge in [-0.15, -0.1) is 0 Å². The van der Waals surface area contributed by atoms with E-state index >= 15 is 0 Å². The monoisotopic (exact) mass is 242 g/mol. The molecule has 0 saturated carbocycles. The smallest absolute Gasteiger partial charge is 0.0931 e. The highest BCUT2D eigenvalue weighted by atomic mass is 14.9. The van der Waals surface area contributed by atoms with Crippen molar-refractivity contribution in [3.05, 3.63) is 41.4 Å². The molecule has 18 heavy (non-hydrogen) atoms. The number of allylic oxidation sites excluding steroid dienone is 1. The van der Waals surface area contributed by atoms with Gasteiger partial charge >= 0.3 is 0 Å². The van der Waals surface area contributed by atoms with Gasteiger partial charge in [-0.1, -0.05) is 25.3 Å². The first-order valence-electron chi connectivity index (χ1n) is 6.26. The first kappa shape index (κ1) is 14.3. The Labute approximate surface area is 111 Å². The highest BCUT2D eigenvalue weighted by Crippen LogP contribution is 2.08. The quantitative estimate of drug-likeness (QED) is 0.823. The number of rotatable bonds is 3. The second-order valence-electron chi connectivity index (χ2n) is 5.12. The van der Waals surface area contributed by atoms with Gasteiger partial charge in [-0.05, 0) is 45.7 Å². The van der Waals surface area contributed by atoms with Gasteiger partial charge in [-0.2, -0.15) is 0 Å². The maximum Gasteiger partial charge on any atom is 0.0931 e. The number of hydrogen-bond donors (Lipinski definition) is 1. The molecule has 2 nitrogen and oxygen atoms in total. The van der Waals surface area contributed by atoms with Crippen LogP contribution in [-0.2, 0) is 6.42 Å². The largest absolute Gasteiger partial charge is 0.374 e. The van der Waals surface area contributed by atoms with Crippen LogP contribution in [-0.4, -0.2) is 10.5 Å². The molecule has 96 valence electrons. The highest BCUT2D eigenvalue weighted by molar-refractivity contribution is 5.38. The zero-order valence-corrected chi connectivity index (χ0v) is 12.0. The van der Waals surface area contributed by atoms with Crippen LogP contribution in [0.2, 0.25) is 0 Å². The minimum absolute atomic E-state index is 0.275. The van der Waals surface area contributed by atoms with Crippen molar-refractivity contribution >= 4 is 0 Å². The van der Waals surface area contributed by atoms with Crippen LogP contribution in [0.25, 0.3) is 0 Å². The molecular weight excluding hydrogens is 220 g/mol. The van der Waals surface area contributed by atoms with Crippen LogP contribution in [0.4, 0.5) is 0 Å². The van der Waals surface area contributed by atoms with E-state index in [0.717, 1.165) is 23.4 Å². The maximum atomic E-state index is 4.42. The van der Waals surface area contributed by atoms with Gasteiger partial charge in [0.2, 0.25) is 0 Å². The number of hydrogen-bond acceptors (Lipinski definition) is 2.